The first kappa shape index (κ1) is 46.1. The molecule has 74 heavy (non-hydrogen) atoms. The van der Waals surface area contributed by atoms with Gasteiger partial charge in [0.05, 0.1) is 0 Å². The van der Waals surface area contributed by atoms with Crippen LogP contribution >= 0.6 is 0 Å². The van der Waals surface area contributed by atoms with Crippen molar-refractivity contribution in [1.29, 1.82) is 0 Å². The summed E-state index contributed by atoms with van der Waals surface area (Å²) < 4.78 is 9.53. The number of para-hydroxylation sites is 3. The van der Waals surface area contributed by atoms with Crippen LogP contribution in [-0.2, 0) is 31.9 Å². The third-order valence-electron chi connectivity index (χ3n) is 15.7. The van der Waals surface area contributed by atoms with Gasteiger partial charge in [0, 0.05) is 77.9 Å². The number of fused-ring (bicyclic) bond motifs is 7. The fraction of sp³-hybridized carbons (Fsp3) is 0.104. The molecule has 7 heteroatoms. The molecule has 0 atom stereocenters. The van der Waals surface area contributed by atoms with Crippen LogP contribution in [0.25, 0.3) is 49.9 Å². The van der Waals surface area contributed by atoms with Gasteiger partial charge in [-0.05, 0) is 84.5 Å². The second-order valence-electron chi connectivity index (χ2n) is 21.2. The van der Waals surface area contributed by atoms with Crippen molar-refractivity contribution in [2.45, 2.75) is 45.4 Å². The van der Waals surface area contributed by atoms with Crippen molar-refractivity contribution in [2.24, 2.45) is 0 Å². The molecule has 0 saturated carbocycles. The Morgan fingerprint density at radius 3 is 1.78 bits per heavy atom. The van der Waals surface area contributed by atoms with E-state index in [0.29, 0.717) is 11.5 Å². The largest absolute Gasteiger partial charge is 0.509 e. The number of aromatic nitrogens is 2. The first-order valence-electron chi connectivity index (χ1n) is 25.3. The summed E-state index contributed by atoms with van der Waals surface area (Å²) in [5.74, 6) is 2.12. The number of pyridine rings is 1. The molecule has 3 aliphatic rings. The maximum absolute atomic E-state index is 7.21. The van der Waals surface area contributed by atoms with Gasteiger partial charge in [-0.3, -0.25) is 0 Å². The molecule has 0 amide bonds. The van der Waals surface area contributed by atoms with Gasteiger partial charge in [0.2, 0.25) is 0 Å². The van der Waals surface area contributed by atoms with Crippen LogP contribution in [0.4, 0.5) is 22.7 Å². The van der Waals surface area contributed by atoms with E-state index in [1.54, 1.807) is 0 Å². The average Bonchev–Trinajstić information content (AvgIpc) is 4.13. The van der Waals surface area contributed by atoms with Gasteiger partial charge in [0.1, 0.15) is 5.82 Å². The molecule has 3 aliphatic heterocycles. The first-order chi connectivity index (χ1) is 35.6. The molecular formula is C67H51N4OPtSi-3. The number of hydrogen-bond acceptors (Lipinski definition) is 4. The Bertz CT molecular complexity index is 3920. The Morgan fingerprint density at radius 2 is 1.12 bits per heavy atom. The van der Waals surface area contributed by atoms with E-state index in [2.05, 4.69) is 268 Å². The predicted octanol–water partition coefficient (Wildman–Crippen LogP) is 13.9. The van der Waals surface area contributed by atoms with Crippen molar-refractivity contribution in [3.63, 3.8) is 0 Å². The SMILES string of the molecule is CC(C)(C)c1ccnc(-n2c3[c-]c(Oc4[c-]c(N5[CH-]N(c6c(-c7ccccc7)cccc6-c6ccccc6)c6ccccc65)ccc4)cc4c3c3c(cccc32)[Si]42c3ccccc3C(C)(C)c3ccccc32)c1.[Pt]. The molecule has 0 unspecified atom stereocenters. The summed E-state index contributed by atoms with van der Waals surface area (Å²) in [7, 11) is -2.95. The van der Waals surface area contributed by atoms with Gasteiger partial charge >= 0.3 is 0 Å². The Balaban J connectivity index is 0.00000528. The monoisotopic (exact) mass is 1150 g/mol. The third-order valence-corrected chi connectivity index (χ3v) is 20.7. The molecule has 2 aromatic heterocycles. The fourth-order valence-electron chi connectivity index (χ4n) is 12.5. The maximum atomic E-state index is 7.21. The van der Waals surface area contributed by atoms with Crippen LogP contribution in [0.5, 0.6) is 11.5 Å². The maximum Gasteiger partial charge on any atom is 0.156 e. The van der Waals surface area contributed by atoms with Crippen LogP contribution in [0.15, 0.2) is 212 Å². The van der Waals surface area contributed by atoms with E-state index in [4.69, 9.17) is 9.72 Å². The third kappa shape index (κ3) is 6.74. The molecular weight excluding hydrogens is 1100 g/mol. The van der Waals surface area contributed by atoms with Crippen LogP contribution in [0.1, 0.15) is 51.3 Å². The molecule has 0 N–H and O–H groups in total. The van der Waals surface area contributed by atoms with Crippen LogP contribution in [0, 0.1) is 18.8 Å². The minimum absolute atomic E-state index is 0. The summed E-state index contributed by atoms with van der Waals surface area (Å²) in [4.78, 5) is 9.67. The van der Waals surface area contributed by atoms with Crippen LogP contribution in [-0.4, -0.2) is 17.6 Å². The van der Waals surface area contributed by atoms with Crippen molar-refractivity contribution >= 4 is 73.4 Å². The Kier molecular flexibility index (Phi) is 10.7. The number of ether oxygens (including phenoxy) is 1. The quantitative estimate of drug-likeness (QED) is 0.118. The number of nitrogens with zero attached hydrogens (tertiary/aromatic N) is 4. The molecule has 362 valence electrons. The van der Waals surface area contributed by atoms with E-state index in [-0.39, 0.29) is 31.9 Å². The summed E-state index contributed by atoms with van der Waals surface area (Å²) in [6, 6.07) is 82.6. The van der Waals surface area contributed by atoms with E-state index in [1.807, 2.05) is 12.3 Å². The number of benzene rings is 9. The first-order valence-corrected chi connectivity index (χ1v) is 27.3. The number of rotatable bonds is 7. The normalized spacial score (nSPS) is 14.6. The van der Waals surface area contributed by atoms with E-state index >= 15 is 0 Å². The van der Waals surface area contributed by atoms with E-state index in [1.165, 1.54) is 48.2 Å². The topological polar surface area (TPSA) is 33.5 Å². The Labute approximate surface area is 448 Å². The van der Waals surface area contributed by atoms with Gasteiger partial charge in [-0.2, -0.15) is 6.07 Å². The molecule has 9 aromatic carbocycles. The molecule has 5 heterocycles. The van der Waals surface area contributed by atoms with Crippen molar-refractivity contribution < 1.29 is 25.8 Å². The van der Waals surface area contributed by atoms with E-state index in [9.17, 15) is 0 Å². The fourth-order valence-corrected chi connectivity index (χ4v) is 18.4. The zero-order valence-electron chi connectivity index (χ0n) is 41.8. The molecule has 11 aromatic rings. The van der Waals surface area contributed by atoms with Crippen molar-refractivity contribution in [1.82, 2.24) is 9.55 Å². The average molecular weight is 1150 g/mol. The van der Waals surface area contributed by atoms with Gasteiger partial charge < -0.3 is 19.1 Å². The second kappa shape index (κ2) is 17.2. The summed E-state index contributed by atoms with van der Waals surface area (Å²) in [5.41, 5.74) is 14.5. The summed E-state index contributed by atoms with van der Waals surface area (Å²) in [6.45, 7) is 13.8. The summed E-state index contributed by atoms with van der Waals surface area (Å²) in [5, 5.41) is 8.13. The van der Waals surface area contributed by atoms with E-state index in [0.717, 1.165) is 61.9 Å². The minimum atomic E-state index is -2.95. The van der Waals surface area contributed by atoms with Crippen molar-refractivity contribution in [3.8, 4) is 39.6 Å². The van der Waals surface area contributed by atoms with Gasteiger partial charge in [-0.25, -0.2) is 4.98 Å². The molecule has 14 rings (SSSR count). The smallest absolute Gasteiger partial charge is 0.156 e. The van der Waals surface area contributed by atoms with Crippen molar-refractivity contribution in [2.75, 3.05) is 9.80 Å². The molecule has 0 radical (unpaired) electrons. The Hall–Kier alpha value is -7.76. The van der Waals surface area contributed by atoms with Crippen LogP contribution < -0.4 is 35.3 Å². The minimum Gasteiger partial charge on any atom is -0.509 e. The zero-order chi connectivity index (χ0) is 49.2. The predicted molar refractivity (Wildman–Crippen MR) is 303 cm³/mol. The van der Waals surface area contributed by atoms with Gasteiger partial charge in [-0.1, -0.05) is 192 Å². The Morgan fingerprint density at radius 1 is 0.541 bits per heavy atom. The second-order valence-corrected chi connectivity index (χ2v) is 24.9. The molecule has 0 bridgehead atoms. The van der Waals surface area contributed by atoms with E-state index < -0.39 is 8.07 Å². The van der Waals surface area contributed by atoms with Crippen LogP contribution in [0.2, 0.25) is 0 Å². The standard InChI is InChI=1S/C67H51N4OSi.Pt/c1-66(2,3)46-37-38-68-62(39-46)71-56-33-20-36-60-63(56)64-57(71)41-49(42-61(64)73(60)58-34-16-12-29-52(58)67(4,5)53-30-13-17-35-59(53)73)72-48-26-18-25-47(40-48)69-43-70(55-32-15-14-31-54(55)69)65-50(44-21-8-6-9-22-44)27-19-28-51(65)45-23-10-7-11-24-45;/h6-39,42-43H,1-5H3;/q-3;. The number of hydrogen-bond donors (Lipinski definition) is 0. The van der Waals surface area contributed by atoms with Gasteiger partial charge in [0.15, 0.2) is 8.07 Å². The van der Waals surface area contributed by atoms with Crippen LogP contribution in [0.3, 0.4) is 0 Å². The summed E-state index contributed by atoms with van der Waals surface area (Å²) in [6.07, 6.45) is 1.95. The molecule has 1 spiro atoms. The summed E-state index contributed by atoms with van der Waals surface area (Å²) >= 11 is 0. The van der Waals surface area contributed by atoms with Crippen molar-refractivity contribution in [3.05, 3.63) is 248 Å². The molecule has 0 aliphatic carbocycles. The molecule has 5 nitrogen and oxygen atoms in total. The zero-order valence-corrected chi connectivity index (χ0v) is 45.1. The molecule has 0 saturated heterocycles. The number of anilines is 4. The van der Waals surface area contributed by atoms with Gasteiger partial charge in [0.25, 0.3) is 0 Å². The molecule has 0 fully saturated rings. The van der Waals surface area contributed by atoms with Gasteiger partial charge in [-0.15, -0.1) is 53.3 Å².